The second-order valence-electron chi connectivity index (χ2n) is 11.0. The van der Waals surface area contributed by atoms with Gasteiger partial charge >= 0.3 is 109 Å². The van der Waals surface area contributed by atoms with Gasteiger partial charge in [-0.05, 0) is 0 Å². The van der Waals surface area contributed by atoms with Gasteiger partial charge in [0.15, 0.2) is 0 Å². The van der Waals surface area contributed by atoms with Gasteiger partial charge in [0.05, 0.1) is 0 Å². The predicted molar refractivity (Wildman–Crippen MR) is 72.2 cm³/mol. The average Bonchev–Trinajstić information content (AvgIpc) is 3.24. The van der Waals surface area contributed by atoms with E-state index >= 15 is 0 Å². The summed E-state index contributed by atoms with van der Waals surface area (Å²) in [5.74, 6) is 0. The second kappa shape index (κ2) is 0.635. The van der Waals surface area contributed by atoms with Gasteiger partial charge in [0.25, 0.3) is 0 Å². The van der Waals surface area contributed by atoms with Gasteiger partial charge in [0.2, 0.25) is 0 Å². The molecule has 0 amide bonds. The second-order valence-corrected chi connectivity index (χ2v) is 36.0. The van der Waals surface area contributed by atoms with Crippen molar-refractivity contribution in [3.05, 3.63) is 0 Å². The molecular weight excluding hydrogens is 384 g/mol. The molecule has 10 aliphatic heterocycles. The fraction of sp³-hybridized carbons (Fsp3) is 1.00. The van der Waals surface area contributed by atoms with Gasteiger partial charge in [0.1, 0.15) is 0 Å². The number of rotatable bonds is 4. The van der Waals surface area contributed by atoms with Crippen LogP contribution in [0.2, 0.25) is 47.2 Å². The normalized spacial score (nSPS) is 124. The summed E-state index contributed by atoms with van der Waals surface area (Å²) in [7, 11) is 0. The molecule has 8 unspecified atom stereocenters. The zero-order chi connectivity index (χ0) is 10.8. The monoisotopic (exact) mass is 398 g/mol. The van der Waals surface area contributed by atoms with Crippen molar-refractivity contribution < 1.29 is 6.51 Å². The number of hydrogen-bond acceptors (Lipinski definition) is 0. The van der Waals surface area contributed by atoms with Crippen molar-refractivity contribution in [1.82, 2.24) is 0 Å². The van der Waals surface area contributed by atoms with Gasteiger partial charge in [-0.15, -0.1) is 0 Å². The van der Waals surface area contributed by atoms with Crippen molar-refractivity contribution in [3.63, 3.8) is 0 Å². The van der Waals surface area contributed by atoms with Gasteiger partial charge in [-0.1, -0.05) is 0 Å². The molecule has 3 heteroatoms. The van der Waals surface area contributed by atoms with Crippen molar-refractivity contribution >= 4 is 31.9 Å². The zero-order valence-corrected chi connectivity index (χ0v) is 13.8. The summed E-state index contributed by atoms with van der Waals surface area (Å²) >= 11 is 7.66. The Morgan fingerprint density at radius 1 is 0.706 bits per heavy atom. The molecule has 10 aliphatic rings. The molecule has 0 aromatic heterocycles. The van der Waals surface area contributed by atoms with E-state index in [1.54, 1.807) is 12.8 Å². The van der Waals surface area contributed by atoms with E-state index in [4.69, 9.17) is 0 Å². The third kappa shape index (κ3) is 0.0755. The maximum absolute atomic E-state index is 3.83. The van der Waals surface area contributed by atoms with E-state index in [-0.39, 0.29) is 0 Å². The molecule has 0 saturated carbocycles. The van der Waals surface area contributed by atoms with Crippen molar-refractivity contribution in [2.75, 3.05) is 10.7 Å². The first-order valence-corrected chi connectivity index (χ1v) is 15.8. The Morgan fingerprint density at radius 3 is 1.29 bits per heavy atom. The first-order valence-electron chi connectivity index (χ1n) is 7.38. The molecule has 0 aromatic carbocycles. The molecular formula is C14H16Br2Fe. The van der Waals surface area contributed by atoms with E-state index in [2.05, 4.69) is 31.9 Å². The van der Waals surface area contributed by atoms with Crippen LogP contribution < -0.4 is 0 Å². The van der Waals surface area contributed by atoms with Crippen molar-refractivity contribution in [2.45, 2.75) is 60.0 Å². The van der Waals surface area contributed by atoms with Gasteiger partial charge in [-0.2, -0.15) is 0 Å². The van der Waals surface area contributed by atoms with Crippen LogP contribution in [0.1, 0.15) is 12.8 Å². The fourth-order valence-electron chi connectivity index (χ4n) is 19.2. The average molecular weight is 400 g/mol. The van der Waals surface area contributed by atoms with Crippen molar-refractivity contribution in [2.24, 2.45) is 0 Å². The first-order chi connectivity index (χ1) is 8.05. The van der Waals surface area contributed by atoms with E-state index in [1.807, 2.05) is 0 Å². The summed E-state index contributed by atoms with van der Waals surface area (Å²) in [6, 6.07) is 0. The molecule has 17 heavy (non-hydrogen) atoms. The molecule has 0 N–H and O–H groups in total. The summed E-state index contributed by atoms with van der Waals surface area (Å²) in [5, 5.41) is 2.68. The van der Waals surface area contributed by atoms with E-state index < -0.39 is 6.51 Å². The quantitative estimate of drug-likeness (QED) is 0.421. The van der Waals surface area contributed by atoms with Crippen LogP contribution in [0.4, 0.5) is 0 Å². The van der Waals surface area contributed by atoms with Crippen LogP contribution in [0.3, 0.4) is 0 Å². The van der Waals surface area contributed by atoms with Crippen molar-refractivity contribution in [3.8, 4) is 0 Å². The van der Waals surface area contributed by atoms with Gasteiger partial charge < -0.3 is 0 Å². The standard InChI is InChI=1S/2C7H8Br.Fe/c2*8-6-5-7-3-1-2-4-7;/h2*1-4H,5-6H2;. The molecule has 94 valence electrons. The molecule has 10 heterocycles. The topological polar surface area (TPSA) is 0 Å². The minimum atomic E-state index is -2.85. The van der Waals surface area contributed by atoms with E-state index in [0.717, 1.165) is 8.63 Å². The summed E-state index contributed by atoms with van der Waals surface area (Å²) in [4.78, 5) is 11.9. The van der Waals surface area contributed by atoms with Gasteiger partial charge in [-0.25, -0.2) is 0 Å². The van der Waals surface area contributed by atoms with Crippen LogP contribution in [0.25, 0.3) is 0 Å². The molecule has 10 fully saturated rings. The minimum absolute atomic E-state index is 1.14. The fourth-order valence-corrected chi connectivity index (χ4v) is 99.5. The number of alkyl halides is 2. The van der Waals surface area contributed by atoms with E-state index in [0.29, 0.717) is 0 Å². The molecule has 0 aliphatic carbocycles. The Hall–Kier alpha value is 1.48. The van der Waals surface area contributed by atoms with Crippen LogP contribution in [-0.2, 0) is 6.51 Å². The van der Waals surface area contributed by atoms with Gasteiger partial charge in [0, 0.05) is 0 Å². The molecule has 0 radical (unpaired) electrons. The number of halogens is 2. The van der Waals surface area contributed by atoms with E-state index in [1.165, 1.54) is 49.2 Å². The third-order valence-corrected chi connectivity index (χ3v) is 61.3. The van der Waals surface area contributed by atoms with Crippen molar-refractivity contribution in [1.29, 1.82) is 0 Å². The van der Waals surface area contributed by atoms with Crippen LogP contribution in [0.5, 0.6) is 0 Å². The molecule has 0 aromatic rings. The SMILES string of the molecule is BrCC[C]12[CH]3[CH]4[CH]5[CH]1[Fe]45321678[CH]2[CH]1[CH]6[C]7(CCBr)[CH]28. The Bertz CT molecular complexity index is 889. The Balaban J connectivity index is 1.61. The van der Waals surface area contributed by atoms with Crippen LogP contribution in [-0.4, -0.2) is 10.7 Å². The molecule has 1 spiro atoms. The van der Waals surface area contributed by atoms with Crippen LogP contribution >= 0.6 is 31.9 Å². The zero-order valence-electron chi connectivity index (χ0n) is 9.56. The maximum atomic E-state index is 3.83. The summed E-state index contributed by atoms with van der Waals surface area (Å²) in [6.07, 6.45) is 3.29. The molecule has 10 rings (SSSR count). The summed E-state index contributed by atoms with van der Waals surface area (Å²) < 4.78 is 2.28. The Morgan fingerprint density at radius 2 is 1.06 bits per heavy atom. The number of fused-ring (bicyclic) bond motifs is 10. The Kier molecular flexibility index (Phi) is 0.279. The summed E-state index contributed by atoms with van der Waals surface area (Å²) in [5.41, 5.74) is 0. The third-order valence-electron chi connectivity index (χ3n) is 16.4. The molecule has 0 bridgehead atoms. The van der Waals surface area contributed by atoms with Crippen LogP contribution in [0.15, 0.2) is 0 Å². The predicted octanol–water partition coefficient (Wildman–Crippen LogP) is 5.69. The Labute approximate surface area is 108 Å². The number of hydrogen-bond donors (Lipinski definition) is 0. The van der Waals surface area contributed by atoms with Gasteiger partial charge in [-0.3, -0.25) is 0 Å². The molecule has 10 saturated heterocycles. The summed E-state index contributed by atoms with van der Waals surface area (Å²) in [6.45, 7) is -2.85. The van der Waals surface area contributed by atoms with E-state index in [9.17, 15) is 0 Å². The first kappa shape index (κ1) is 7.48. The molecule has 8 atom stereocenters. The van der Waals surface area contributed by atoms with Crippen LogP contribution in [0, 0.1) is 0 Å². The molecule has 0 nitrogen and oxygen atoms in total.